The van der Waals surface area contributed by atoms with E-state index in [0.29, 0.717) is 12.3 Å². The van der Waals surface area contributed by atoms with Gasteiger partial charge >= 0.3 is 0 Å². The average Bonchev–Trinajstić information content (AvgIpc) is 2.32. The van der Waals surface area contributed by atoms with Crippen molar-refractivity contribution in [3.8, 4) is 0 Å². The molecule has 19 heavy (non-hydrogen) atoms. The van der Waals surface area contributed by atoms with Gasteiger partial charge in [-0.15, -0.1) is 0 Å². The highest BCUT2D eigenvalue weighted by Gasteiger charge is 2.39. The molecule has 0 bridgehead atoms. The molecule has 0 N–H and O–H groups in total. The van der Waals surface area contributed by atoms with Crippen LogP contribution in [0.15, 0.2) is 24.3 Å². The molecule has 102 valence electrons. The number of carbonyl (C=O) groups is 1. The first kappa shape index (κ1) is 12.9. The second kappa shape index (κ2) is 5.09. The van der Waals surface area contributed by atoms with Crippen molar-refractivity contribution in [1.82, 2.24) is 0 Å². The topological polar surface area (TPSA) is 26.3 Å². The summed E-state index contributed by atoms with van der Waals surface area (Å²) in [5.74, 6) is 0.879. The maximum absolute atomic E-state index is 12.6. The molecule has 1 aromatic rings. The van der Waals surface area contributed by atoms with Gasteiger partial charge in [0.2, 0.25) is 0 Å². The Morgan fingerprint density at radius 2 is 2.00 bits per heavy atom. The second-order valence-corrected chi connectivity index (χ2v) is 6.06. The highest BCUT2D eigenvalue weighted by Crippen LogP contribution is 2.41. The van der Waals surface area contributed by atoms with Gasteiger partial charge in [0.25, 0.3) is 0 Å². The molecular weight excluding hydrogens is 236 g/mol. The zero-order chi connectivity index (χ0) is 13.3. The van der Waals surface area contributed by atoms with E-state index in [1.54, 1.807) is 7.11 Å². The molecule has 0 aromatic heterocycles. The van der Waals surface area contributed by atoms with Crippen molar-refractivity contribution in [2.24, 2.45) is 0 Å². The Morgan fingerprint density at radius 1 is 1.26 bits per heavy atom. The van der Waals surface area contributed by atoms with E-state index in [0.717, 1.165) is 18.4 Å². The smallest absolute Gasteiger partial charge is 0.166 e. The lowest BCUT2D eigenvalue weighted by Crippen LogP contribution is -2.41. The van der Waals surface area contributed by atoms with Gasteiger partial charge in [-0.1, -0.05) is 30.7 Å². The molecule has 2 aliphatic carbocycles. The molecule has 0 amide bonds. The van der Waals surface area contributed by atoms with E-state index >= 15 is 0 Å². The van der Waals surface area contributed by atoms with E-state index in [1.165, 1.54) is 31.2 Å². The Labute approximate surface area is 115 Å². The predicted molar refractivity (Wildman–Crippen MR) is 75.6 cm³/mol. The van der Waals surface area contributed by atoms with Crippen LogP contribution in [0, 0.1) is 0 Å². The van der Waals surface area contributed by atoms with Crippen molar-refractivity contribution in [1.29, 1.82) is 0 Å². The number of ether oxygens (including phenoxy) is 1. The van der Waals surface area contributed by atoms with Gasteiger partial charge in [-0.05, 0) is 43.6 Å². The molecular formula is C17H22O2. The first-order chi connectivity index (χ1) is 9.24. The van der Waals surface area contributed by atoms with Gasteiger partial charge in [0, 0.05) is 19.1 Å². The summed E-state index contributed by atoms with van der Waals surface area (Å²) in [6.45, 7) is 0. The summed E-state index contributed by atoms with van der Waals surface area (Å²) in [6, 6.07) is 8.17. The van der Waals surface area contributed by atoms with Crippen LogP contribution < -0.4 is 0 Å². The van der Waals surface area contributed by atoms with Crippen LogP contribution in [0.5, 0.6) is 0 Å². The molecule has 2 aliphatic rings. The van der Waals surface area contributed by atoms with Gasteiger partial charge in [0.1, 0.15) is 0 Å². The normalized spacial score (nSPS) is 21.5. The molecule has 2 saturated carbocycles. The van der Waals surface area contributed by atoms with Crippen LogP contribution in [-0.4, -0.2) is 18.5 Å². The van der Waals surface area contributed by atoms with Crippen LogP contribution in [0.3, 0.4) is 0 Å². The molecule has 0 spiro atoms. The fourth-order valence-electron chi connectivity index (χ4n) is 3.24. The maximum atomic E-state index is 12.6. The van der Waals surface area contributed by atoms with Crippen LogP contribution in [-0.2, 0) is 4.74 Å². The van der Waals surface area contributed by atoms with Gasteiger partial charge in [-0.25, -0.2) is 0 Å². The number of hydrogen-bond donors (Lipinski definition) is 0. The summed E-state index contributed by atoms with van der Waals surface area (Å²) in [5.41, 5.74) is 2.05. The van der Waals surface area contributed by atoms with Crippen LogP contribution in [0.2, 0.25) is 0 Å². The zero-order valence-corrected chi connectivity index (χ0v) is 11.7. The van der Waals surface area contributed by atoms with Crippen molar-refractivity contribution in [3.05, 3.63) is 35.4 Å². The van der Waals surface area contributed by atoms with Gasteiger partial charge in [-0.2, -0.15) is 0 Å². The van der Waals surface area contributed by atoms with Gasteiger partial charge in [-0.3, -0.25) is 4.79 Å². The van der Waals surface area contributed by atoms with E-state index in [1.807, 2.05) is 12.1 Å². The molecule has 2 fully saturated rings. The first-order valence-electron chi connectivity index (χ1n) is 7.41. The number of Topliss-reactive ketones (excluding diaryl/α,β-unsaturated/α-hetero) is 1. The summed E-state index contributed by atoms with van der Waals surface area (Å²) in [4.78, 5) is 12.6. The molecule has 0 heterocycles. The Balaban J connectivity index is 1.79. The third kappa shape index (κ3) is 2.34. The van der Waals surface area contributed by atoms with Crippen LogP contribution in [0.25, 0.3) is 0 Å². The third-order valence-electron chi connectivity index (χ3n) is 4.99. The monoisotopic (exact) mass is 258 g/mol. The highest BCUT2D eigenvalue weighted by atomic mass is 16.5. The van der Waals surface area contributed by atoms with Gasteiger partial charge in [0.05, 0.1) is 5.60 Å². The number of benzene rings is 1. The Kier molecular flexibility index (Phi) is 3.44. The minimum absolute atomic E-state index is 0.163. The average molecular weight is 258 g/mol. The lowest BCUT2D eigenvalue weighted by Gasteiger charge is -2.40. The largest absolute Gasteiger partial charge is 0.378 e. The Bertz CT molecular complexity index is 464. The molecule has 0 radical (unpaired) electrons. The molecule has 2 nitrogen and oxygen atoms in total. The summed E-state index contributed by atoms with van der Waals surface area (Å²) in [6.07, 6.45) is 7.56. The fourth-order valence-corrected chi connectivity index (χ4v) is 3.24. The number of hydrogen-bond acceptors (Lipinski definition) is 2. The lowest BCUT2D eigenvalue weighted by molar-refractivity contribution is -0.0705. The number of methoxy groups -OCH3 is 1. The van der Waals surface area contributed by atoms with Crippen molar-refractivity contribution < 1.29 is 9.53 Å². The van der Waals surface area contributed by atoms with E-state index < -0.39 is 0 Å². The van der Waals surface area contributed by atoms with Crippen LogP contribution in [0.4, 0.5) is 0 Å². The molecule has 3 rings (SSSR count). The molecule has 0 saturated heterocycles. The van der Waals surface area contributed by atoms with E-state index in [2.05, 4.69) is 12.1 Å². The molecule has 1 aromatic carbocycles. The summed E-state index contributed by atoms with van der Waals surface area (Å²) < 4.78 is 5.59. The predicted octanol–water partition coefficient (Wildman–Crippen LogP) is 4.10. The summed E-state index contributed by atoms with van der Waals surface area (Å²) in [7, 11) is 1.74. The van der Waals surface area contributed by atoms with Crippen molar-refractivity contribution in [2.45, 2.75) is 56.5 Å². The molecule has 0 aliphatic heterocycles. The lowest BCUT2D eigenvalue weighted by atomic mass is 9.73. The molecule has 2 heteroatoms. The summed E-state index contributed by atoms with van der Waals surface area (Å²) in [5, 5.41) is 0. The van der Waals surface area contributed by atoms with Crippen LogP contribution in [0.1, 0.15) is 66.8 Å². The van der Waals surface area contributed by atoms with Gasteiger partial charge < -0.3 is 4.74 Å². The van der Waals surface area contributed by atoms with E-state index in [9.17, 15) is 4.79 Å². The number of ketones is 1. The first-order valence-corrected chi connectivity index (χ1v) is 7.41. The van der Waals surface area contributed by atoms with Crippen molar-refractivity contribution in [2.75, 3.05) is 7.11 Å². The Morgan fingerprint density at radius 3 is 2.53 bits per heavy atom. The second-order valence-electron chi connectivity index (χ2n) is 6.06. The SMILES string of the molecule is COC1(CC(=O)c2ccccc2C2CCC2)CCC1. The number of rotatable bonds is 5. The Hall–Kier alpha value is -1.15. The van der Waals surface area contributed by atoms with Crippen molar-refractivity contribution in [3.63, 3.8) is 0 Å². The quantitative estimate of drug-likeness (QED) is 0.743. The third-order valence-corrected chi connectivity index (χ3v) is 4.99. The molecule has 0 atom stereocenters. The minimum atomic E-state index is -0.163. The van der Waals surface area contributed by atoms with Crippen molar-refractivity contribution >= 4 is 5.78 Å². The number of carbonyl (C=O) groups excluding carboxylic acids is 1. The van der Waals surface area contributed by atoms with E-state index in [-0.39, 0.29) is 11.4 Å². The standard InChI is InChI=1S/C17H22O2/c1-19-17(10-5-11-17)12-16(18)15-9-3-2-8-14(15)13-6-4-7-13/h2-3,8-9,13H,4-7,10-12H2,1H3. The minimum Gasteiger partial charge on any atom is -0.378 e. The van der Waals surface area contributed by atoms with Crippen LogP contribution >= 0.6 is 0 Å². The molecule has 0 unspecified atom stereocenters. The van der Waals surface area contributed by atoms with E-state index in [4.69, 9.17) is 4.74 Å². The summed E-state index contributed by atoms with van der Waals surface area (Å²) >= 11 is 0. The van der Waals surface area contributed by atoms with Gasteiger partial charge in [0.15, 0.2) is 5.78 Å². The zero-order valence-electron chi connectivity index (χ0n) is 11.7. The highest BCUT2D eigenvalue weighted by molar-refractivity contribution is 5.98. The fraction of sp³-hybridized carbons (Fsp3) is 0.588. The maximum Gasteiger partial charge on any atom is 0.166 e.